The number of pyridine rings is 1. The van der Waals surface area contributed by atoms with E-state index in [2.05, 4.69) is 20.7 Å². The lowest BCUT2D eigenvalue weighted by Gasteiger charge is -2.15. The van der Waals surface area contributed by atoms with Gasteiger partial charge in [-0.25, -0.2) is 9.67 Å². The first-order chi connectivity index (χ1) is 11.6. The van der Waals surface area contributed by atoms with Crippen molar-refractivity contribution >= 4 is 28.8 Å². The van der Waals surface area contributed by atoms with Crippen LogP contribution in [0.3, 0.4) is 0 Å². The van der Waals surface area contributed by atoms with E-state index >= 15 is 0 Å². The summed E-state index contributed by atoms with van der Waals surface area (Å²) in [6.07, 6.45) is 4.98. The normalized spacial score (nSPS) is 11.7. The maximum Gasteiger partial charge on any atom is 0.261 e. The lowest BCUT2D eigenvalue weighted by atomic mass is 10.2. The van der Waals surface area contributed by atoms with Gasteiger partial charge in [0.15, 0.2) is 5.82 Å². The lowest BCUT2D eigenvalue weighted by molar-refractivity contribution is -0.117. The van der Waals surface area contributed by atoms with Gasteiger partial charge in [-0.3, -0.25) is 9.59 Å². The van der Waals surface area contributed by atoms with Gasteiger partial charge in [-0.15, -0.1) is 11.3 Å². The first-order valence-electron chi connectivity index (χ1n) is 7.25. The smallest absolute Gasteiger partial charge is 0.261 e. The molecule has 0 spiro atoms. The zero-order chi connectivity index (χ0) is 16.9. The molecule has 0 aromatic carbocycles. The Morgan fingerprint density at radius 1 is 1.21 bits per heavy atom. The quantitative estimate of drug-likeness (QED) is 0.744. The molecule has 0 saturated carbocycles. The second-order valence-electron chi connectivity index (χ2n) is 4.99. The highest BCUT2D eigenvalue weighted by Gasteiger charge is 2.18. The van der Waals surface area contributed by atoms with Gasteiger partial charge in [0.25, 0.3) is 5.91 Å². The molecule has 8 heteroatoms. The number of aromatic nitrogens is 3. The summed E-state index contributed by atoms with van der Waals surface area (Å²) in [5.74, 6) is -0.0971. The van der Waals surface area contributed by atoms with Gasteiger partial charge in [-0.1, -0.05) is 6.07 Å². The molecule has 122 valence electrons. The van der Waals surface area contributed by atoms with Crippen molar-refractivity contribution in [3.8, 4) is 5.82 Å². The molecule has 0 aliphatic carbocycles. The Labute approximate surface area is 142 Å². The Morgan fingerprint density at radius 2 is 2.08 bits per heavy atom. The van der Waals surface area contributed by atoms with Gasteiger partial charge in [0.1, 0.15) is 6.04 Å². The van der Waals surface area contributed by atoms with Crippen LogP contribution in [-0.2, 0) is 4.79 Å². The van der Waals surface area contributed by atoms with E-state index in [0.717, 1.165) is 0 Å². The van der Waals surface area contributed by atoms with Crippen molar-refractivity contribution in [2.75, 3.05) is 5.32 Å². The summed E-state index contributed by atoms with van der Waals surface area (Å²) in [6, 6.07) is 8.03. The van der Waals surface area contributed by atoms with E-state index in [-0.39, 0.29) is 11.8 Å². The fourth-order valence-electron chi connectivity index (χ4n) is 2.05. The summed E-state index contributed by atoms with van der Waals surface area (Å²) in [5, 5.41) is 11.4. The van der Waals surface area contributed by atoms with E-state index in [1.807, 2.05) is 5.38 Å². The first kappa shape index (κ1) is 15.9. The van der Waals surface area contributed by atoms with Crippen LogP contribution in [0.15, 0.2) is 54.3 Å². The fraction of sp³-hybridized carbons (Fsp3) is 0.125. The van der Waals surface area contributed by atoms with E-state index < -0.39 is 6.04 Å². The van der Waals surface area contributed by atoms with Gasteiger partial charge in [0.05, 0.1) is 10.6 Å². The molecule has 24 heavy (non-hydrogen) atoms. The number of amides is 2. The summed E-state index contributed by atoms with van der Waals surface area (Å²) in [7, 11) is 0. The maximum absolute atomic E-state index is 12.4. The van der Waals surface area contributed by atoms with Crippen LogP contribution in [0.2, 0.25) is 0 Å². The third-order valence-corrected chi connectivity index (χ3v) is 4.12. The predicted molar refractivity (Wildman–Crippen MR) is 91.2 cm³/mol. The van der Waals surface area contributed by atoms with Crippen molar-refractivity contribution in [3.63, 3.8) is 0 Å². The molecule has 2 amide bonds. The average molecular weight is 341 g/mol. The van der Waals surface area contributed by atoms with Crippen molar-refractivity contribution in [2.45, 2.75) is 13.0 Å². The van der Waals surface area contributed by atoms with Gasteiger partial charge >= 0.3 is 0 Å². The van der Waals surface area contributed by atoms with Crippen LogP contribution in [0.25, 0.3) is 5.82 Å². The second kappa shape index (κ2) is 7.05. The molecule has 3 heterocycles. The number of thiophene rings is 1. The van der Waals surface area contributed by atoms with Gasteiger partial charge < -0.3 is 10.6 Å². The third kappa shape index (κ3) is 3.49. The summed E-state index contributed by atoms with van der Waals surface area (Å²) < 4.78 is 1.56. The molecule has 0 radical (unpaired) electrons. The molecule has 3 aromatic rings. The van der Waals surface area contributed by atoms with Crippen LogP contribution < -0.4 is 10.6 Å². The minimum Gasteiger partial charge on any atom is -0.340 e. The minimum absolute atomic E-state index is 0.272. The molecule has 3 aromatic heterocycles. The zero-order valence-electron chi connectivity index (χ0n) is 12.8. The number of carbonyl (C=O) groups excluding carboxylic acids is 2. The number of nitrogens with zero attached hydrogens (tertiary/aromatic N) is 3. The van der Waals surface area contributed by atoms with Crippen molar-refractivity contribution in [3.05, 3.63) is 59.2 Å². The monoisotopic (exact) mass is 341 g/mol. The molecule has 0 bridgehead atoms. The number of nitrogens with one attached hydrogen (secondary N) is 2. The molecule has 2 N–H and O–H groups in total. The number of hydrogen-bond donors (Lipinski definition) is 2. The highest BCUT2D eigenvalue weighted by atomic mass is 32.1. The predicted octanol–water partition coefficient (Wildman–Crippen LogP) is 2.09. The highest BCUT2D eigenvalue weighted by molar-refractivity contribution is 7.12. The van der Waals surface area contributed by atoms with E-state index in [4.69, 9.17) is 0 Å². The van der Waals surface area contributed by atoms with Gasteiger partial charge in [-0.05, 0) is 36.6 Å². The molecule has 0 saturated heterocycles. The van der Waals surface area contributed by atoms with E-state index in [0.29, 0.717) is 16.4 Å². The molecule has 7 nitrogen and oxygen atoms in total. The largest absolute Gasteiger partial charge is 0.340 e. The molecule has 0 unspecified atom stereocenters. The fourth-order valence-corrected chi connectivity index (χ4v) is 2.68. The van der Waals surface area contributed by atoms with Gasteiger partial charge in [0.2, 0.25) is 5.91 Å². The summed E-state index contributed by atoms with van der Waals surface area (Å²) in [5.41, 5.74) is 0.517. The molecule has 0 fully saturated rings. The Kier molecular flexibility index (Phi) is 4.66. The number of anilines is 1. The summed E-state index contributed by atoms with van der Waals surface area (Å²) in [6.45, 7) is 1.63. The lowest BCUT2D eigenvalue weighted by Crippen LogP contribution is -2.41. The van der Waals surface area contributed by atoms with Crippen molar-refractivity contribution in [1.29, 1.82) is 0 Å². The highest BCUT2D eigenvalue weighted by Crippen LogP contribution is 2.16. The Balaban J connectivity index is 1.70. The van der Waals surface area contributed by atoms with Crippen LogP contribution in [-0.4, -0.2) is 32.6 Å². The maximum atomic E-state index is 12.4. The molecule has 0 aliphatic rings. The van der Waals surface area contributed by atoms with E-state index in [1.165, 1.54) is 11.3 Å². The standard InChI is InChI=1S/C16H15N5O2S/c1-11(19-16(23)13-6-3-10-24-13)15(22)20-12-5-2-7-17-14(12)21-9-4-8-18-21/h2-11H,1H3,(H,19,23)(H,20,22)/t11-/m0/s1. The van der Waals surface area contributed by atoms with Crippen LogP contribution in [0.5, 0.6) is 0 Å². The number of carbonyl (C=O) groups is 2. The third-order valence-electron chi connectivity index (χ3n) is 3.25. The van der Waals surface area contributed by atoms with Gasteiger partial charge in [-0.2, -0.15) is 5.10 Å². The van der Waals surface area contributed by atoms with E-state index in [9.17, 15) is 9.59 Å². The minimum atomic E-state index is -0.690. The molecule has 1 atom stereocenters. The van der Waals surface area contributed by atoms with Crippen molar-refractivity contribution < 1.29 is 9.59 Å². The molecule has 0 aliphatic heterocycles. The molecule has 3 rings (SSSR count). The number of rotatable bonds is 5. The topological polar surface area (TPSA) is 88.9 Å². The van der Waals surface area contributed by atoms with Crippen molar-refractivity contribution in [1.82, 2.24) is 20.1 Å². The summed E-state index contributed by atoms with van der Waals surface area (Å²) >= 11 is 1.32. The van der Waals surface area contributed by atoms with Crippen LogP contribution >= 0.6 is 11.3 Å². The van der Waals surface area contributed by atoms with Crippen LogP contribution in [0.1, 0.15) is 16.6 Å². The Hall–Kier alpha value is -3.00. The Morgan fingerprint density at radius 3 is 2.79 bits per heavy atom. The summed E-state index contributed by atoms with van der Waals surface area (Å²) in [4.78, 5) is 29.2. The number of hydrogen-bond acceptors (Lipinski definition) is 5. The van der Waals surface area contributed by atoms with E-state index in [1.54, 1.807) is 60.5 Å². The zero-order valence-corrected chi connectivity index (χ0v) is 13.7. The van der Waals surface area contributed by atoms with Crippen LogP contribution in [0, 0.1) is 0 Å². The van der Waals surface area contributed by atoms with Gasteiger partial charge in [0, 0.05) is 18.6 Å². The first-order valence-corrected chi connectivity index (χ1v) is 8.13. The average Bonchev–Trinajstić information content (AvgIpc) is 3.29. The SMILES string of the molecule is C[C@H](NC(=O)c1cccs1)C(=O)Nc1cccnc1-n1cccn1. The molecular formula is C16H15N5O2S. The Bertz CT molecular complexity index is 830. The second-order valence-corrected chi connectivity index (χ2v) is 5.93. The van der Waals surface area contributed by atoms with Crippen molar-refractivity contribution in [2.24, 2.45) is 0 Å². The molecular weight excluding hydrogens is 326 g/mol. The van der Waals surface area contributed by atoms with Crippen LogP contribution in [0.4, 0.5) is 5.69 Å².